The van der Waals surface area contributed by atoms with Crippen LogP contribution >= 0.6 is 0 Å². The molecule has 1 heterocycles. The normalized spacial score (nSPS) is 10.3. The monoisotopic (exact) mass is 372 g/mol. The Morgan fingerprint density at radius 2 is 1.81 bits per heavy atom. The van der Waals surface area contributed by atoms with E-state index in [4.69, 9.17) is 4.74 Å². The largest absolute Gasteiger partial charge is 0.493 e. The summed E-state index contributed by atoms with van der Waals surface area (Å²) in [7, 11) is 1.35. The van der Waals surface area contributed by atoms with Crippen molar-refractivity contribution in [1.82, 2.24) is 4.98 Å². The average Bonchev–Trinajstić information content (AvgIpc) is 2.68. The Balaban J connectivity index is 0.00000176. The van der Waals surface area contributed by atoms with Crippen molar-refractivity contribution < 1.29 is 14.3 Å². The van der Waals surface area contributed by atoms with Crippen molar-refractivity contribution in [2.75, 3.05) is 19.0 Å². The van der Waals surface area contributed by atoms with Crippen molar-refractivity contribution in [2.24, 2.45) is 5.92 Å². The van der Waals surface area contributed by atoms with E-state index in [2.05, 4.69) is 48.8 Å². The number of esters is 1. The van der Waals surface area contributed by atoms with Crippen LogP contribution in [-0.2, 0) is 4.74 Å². The molecule has 0 radical (unpaired) electrons. The van der Waals surface area contributed by atoms with Crippen LogP contribution in [0.3, 0.4) is 0 Å². The SMILES string of the molecule is CC.COC(=O)c1ccc(Nc2ccc(OCC(C)C)c(C(C)C)c2)nc1. The summed E-state index contributed by atoms with van der Waals surface area (Å²) >= 11 is 0. The maximum Gasteiger partial charge on any atom is 0.339 e. The molecule has 0 aliphatic carbocycles. The molecule has 0 aliphatic heterocycles. The third-order valence-corrected chi connectivity index (χ3v) is 3.66. The second-order valence-corrected chi connectivity index (χ2v) is 6.66. The standard InChI is InChI=1S/C20H26N2O3.C2H6/c1-13(2)12-25-18-8-7-16(10-17(18)14(3)4)22-19-9-6-15(11-21-19)20(23)24-5;1-2/h6-11,13-14H,12H2,1-5H3,(H,21,22);1-2H3. The molecule has 0 fully saturated rings. The molecule has 0 saturated heterocycles. The Morgan fingerprint density at radius 3 is 2.33 bits per heavy atom. The van der Waals surface area contributed by atoms with Gasteiger partial charge in [0.2, 0.25) is 0 Å². The molecule has 1 aromatic heterocycles. The van der Waals surface area contributed by atoms with Gasteiger partial charge in [0.25, 0.3) is 0 Å². The van der Waals surface area contributed by atoms with Gasteiger partial charge in [0, 0.05) is 11.9 Å². The molecule has 0 saturated carbocycles. The van der Waals surface area contributed by atoms with E-state index >= 15 is 0 Å². The molecule has 0 spiro atoms. The zero-order valence-corrected chi connectivity index (χ0v) is 17.5. The van der Waals surface area contributed by atoms with Crippen LogP contribution in [-0.4, -0.2) is 24.7 Å². The van der Waals surface area contributed by atoms with Crippen molar-refractivity contribution in [3.63, 3.8) is 0 Å². The van der Waals surface area contributed by atoms with E-state index < -0.39 is 5.97 Å². The highest BCUT2D eigenvalue weighted by Gasteiger charge is 2.11. The number of pyridine rings is 1. The van der Waals surface area contributed by atoms with Gasteiger partial charge >= 0.3 is 5.97 Å². The molecule has 0 atom stereocenters. The lowest BCUT2D eigenvalue weighted by Gasteiger charge is -2.17. The maximum absolute atomic E-state index is 11.5. The average molecular weight is 373 g/mol. The van der Waals surface area contributed by atoms with Gasteiger partial charge < -0.3 is 14.8 Å². The van der Waals surface area contributed by atoms with Crippen LogP contribution in [0.15, 0.2) is 36.5 Å². The van der Waals surface area contributed by atoms with Gasteiger partial charge in [-0.15, -0.1) is 0 Å². The Morgan fingerprint density at radius 1 is 1.11 bits per heavy atom. The molecule has 148 valence electrons. The lowest BCUT2D eigenvalue weighted by molar-refractivity contribution is 0.0600. The number of carbonyl (C=O) groups is 1. The van der Waals surface area contributed by atoms with E-state index in [0.29, 0.717) is 29.8 Å². The first-order chi connectivity index (χ1) is 12.9. The molecule has 2 aromatic rings. The van der Waals surface area contributed by atoms with Crippen LogP contribution in [0.25, 0.3) is 0 Å². The van der Waals surface area contributed by atoms with E-state index in [0.717, 1.165) is 17.0 Å². The van der Waals surface area contributed by atoms with E-state index in [-0.39, 0.29) is 0 Å². The Labute approximate surface area is 163 Å². The highest BCUT2D eigenvalue weighted by molar-refractivity contribution is 5.89. The Kier molecular flexibility index (Phi) is 9.34. The first-order valence-corrected chi connectivity index (χ1v) is 9.48. The van der Waals surface area contributed by atoms with Crippen molar-refractivity contribution in [3.05, 3.63) is 47.7 Å². The van der Waals surface area contributed by atoms with Crippen LogP contribution in [0.2, 0.25) is 0 Å². The molecule has 0 amide bonds. The number of methoxy groups -OCH3 is 1. The molecule has 5 heteroatoms. The van der Waals surface area contributed by atoms with E-state index in [1.54, 1.807) is 12.1 Å². The minimum atomic E-state index is -0.396. The number of anilines is 2. The zero-order valence-electron chi connectivity index (χ0n) is 17.5. The van der Waals surface area contributed by atoms with Gasteiger partial charge in [-0.05, 0) is 47.7 Å². The van der Waals surface area contributed by atoms with Gasteiger partial charge in [0.05, 0.1) is 19.3 Å². The number of hydrogen-bond acceptors (Lipinski definition) is 5. The highest BCUT2D eigenvalue weighted by Crippen LogP contribution is 2.30. The van der Waals surface area contributed by atoms with Crippen LogP contribution in [0.1, 0.15) is 63.4 Å². The van der Waals surface area contributed by atoms with Crippen LogP contribution in [0.4, 0.5) is 11.5 Å². The highest BCUT2D eigenvalue weighted by atomic mass is 16.5. The lowest BCUT2D eigenvalue weighted by Crippen LogP contribution is -2.07. The second kappa shape index (κ2) is 11.2. The predicted molar refractivity (Wildman–Crippen MR) is 111 cm³/mol. The fourth-order valence-corrected chi connectivity index (χ4v) is 2.32. The number of rotatable bonds is 7. The molecule has 0 unspecified atom stereocenters. The fraction of sp³-hybridized carbons (Fsp3) is 0.455. The fourth-order valence-electron chi connectivity index (χ4n) is 2.32. The molecular formula is C22H32N2O3. The number of hydrogen-bond donors (Lipinski definition) is 1. The summed E-state index contributed by atoms with van der Waals surface area (Å²) in [4.78, 5) is 15.7. The van der Waals surface area contributed by atoms with Crippen molar-refractivity contribution in [1.29, 1.82) is 0 Å². The molecule has 0 bridgehead atoms. The topological polar surface area (TPSA) is 60.5 Å². The van der Waals surface area contributed by atoms with Crippen LogP contribution in [0.5, 0.6) is 5.75 Å². The van der Waals surface area contributed by atoms with Crippen LogP contribution in [0, 0.1) is 5.92 Å². The zero-order chi connectivity index (χ0) is 20.4. The first kappa shape index (κ1) is 22.5. The summed E-state index contributed by atoms with van der Waals surface area (Å²) in [5, 5.41) is 3.26. The smallest absolute Gasteiger partial charge is 0.339 e. The Bertz CT molecular complexity index is 710. The van der Waals surface area contributed by atoms with Gasteiger partial charge in [-0.3, -0.25) is 0 Å². The Hall–Kier alpha value is -2.56. The molecule has 27 heavy (non-hydrogen) atoms. The molecular weight excluding hydrogens is 340 g/mol. The van der Waals surface area contributed by atoms with E-state index in [1.165, 1.54) is 13.3 Å². The van der Waals surface area contributed by atoms with Gasteiger partial charge in [-0.1, -0.05) is 41.5 Å². The minimum absolute atomic E-state index is 0.346. The molecule has 0 aliphatic rings. The predicted octanol–water partition coefficient (Wildman–Crippen LogP) is 5.80. The molecule has 2 rings (SSSR count). The quantitative estimate of drug-likeness (QED) is 0.623. The number of nitrogens with zero attached hydrogens (tertiary/aromatic N) is 1. The maximum atomic E-state index is 11.5. The second-order valence-electron chi connectivity index (χ2n) is 6.66. The summed E-state index contributed by atoms with van der Waals surface area (Å²) in [6.45, 7) is 13.3. The summed E-state index contributed by atoms with van der Waals surface area (Å²) in [6.07, 6.45) is 1.50. The lowest BCUT2D eigenvalue weighted by atomic mass is 10.0. The molecule has 5 nitrogen and oxygen atoms in total. The molecule has 1 N–H and O–H groups in total. The van der Waals surface area contributed by atoms with E-state index in [9.17, 15) is 4.79 Å². The van der Waals surface area contributed by atoms with E-state index in [1.807, 2.05) is 26.0 Å². The number of nitrogens with one attached hydrogen (secondary N) is 1. The number of ether oxygens (including phenoxy) is 2. The summed E-state index contributed by atoms with van der Waals surface area (Å²) < 4.78 is 10.6. The van der Waals surface area contributed by atoms with Gasteiger partial charge in [0.15, 0.2) is 0 Å². The molecule has 1 aromatic carbocycles. The summed E-state index contributed by atoms with van der Waals surface area (Å²) in [5.74, 6) is 2.02. The third-order valence-electron chi connectivity index (χ3n) is 3.66. The van der Waals surface area contributed by atoms with Crippen molar-refractivity contribution in [2.45, 2.75) is 47.5 Å². The van der Waals surface area contributed by atoms with Gasteiger partial charge in [0.1, 0.15) is 11.6 Å². The number of carbonyl (C=O) groups excluding carboxylic acids is 1. The van der Waals surface area contributed by atoms with Crippen molar-refractivity contribution in [3.8, 4) is 5.75 Å². The van der Waals surface area contributed by atoms with Crippen LogP contribution < -0.4 is 10.1 Å². The number of aromatic nitrogens is 1. The van der Waals surface area contributed by atoms with Gasteiger partial charge in [-0.25, -0.2) is 9.78 Å². The van der Waals surface area contributed by atoms with Crippen molar-refractivity contribution >= 4 is 17.5 Å². The first-order valence-electron chi connectivity index (χ1n) is 9.48. The summed E-state index contributed by atoms with van der Waals surface area (Å²) in [5.41, 5.74) is 2.50. The number of benzene rings is 1. The summed E-state index contributed by atoms with van der Waals surface area (Å²) in [6, 6.07) is 9.48. The third kappa shape index (κ3) is 6.93. The van der Waals surface area contributed by atoms with Gasteiger partial charge in [-0.2, -0.15) is 0 Å². The minimum Gasteiger partial charge on any atom is -0.493 e.